The number of nitrogens with zero attached hydrogens (tertiary/aromatic N) is 2. The molecule has 20 heavy (non-hydrogen) atoms. The molecular weight excluding hydrogens is 274 g/mol. The number of sulfonamides is 1. The molecule has 1 fully saturated rings. The van der Waals surface area contributed by atoms with Crippen LogP contribution in [0.2, 0.25) is 0 Å². The van der Waals surface area contributed by atoms with Gasteiger partial charge in [-0.25, -0.2) is 12.7 Å². The van der Waals surface area contributed by atoms with E-state index in [2.05, 4.69) is 13.8 Å². The van der Waals surface area contributed by atoms with Crippen molar-refractivity contribution in [1.29, 1.82) is 0 Å². The van der Waals surface area contributed by atoms with Crippen molar-refractivity contribution in [3.8, 4) is 0 Å². The van der Waals surface area contributed by atoms with E-state index in [-0.39, 0.29) is 0 Å². The van der Waals surface area contributed by atoms with Gasteiger partial charge in [-0.1, -0.05) is 13.8 Å². The summed E-state index contributed by atoms with van der Waals surface area (Å²) >= 11 is 0. The van der Waals surface area contributed by atoms with E-state index in [1.807, 2.05) is 4.57 Å². The summed E-state index contributed by atoms with van der Waals surface area (Å²) < 4.78 is 28.5. The van der Waals surface area contributed by atoms with Crippen LogP contribution in [0.1, 0.15) is 32.4 Å². The molecule has 1 saturated carbocycles. The zero-order chi connectivity index (χ0) is 14.9. The van der Waals surface area contributed by atoms with Gasteiger partial charge in [0.2, 0.25) is 10.0 Å². The summed E-state index contributed by atoms with van der Waals surface area (Å²) in [6.07, 6.45) is 3.80. The molecule has 1 aromatic heterocycles. The Balaban J connectivity index is 2.19. The lowest BCUT2D eigenvalue weighted by Crippen LogP contribution is -2.29. The monoisotopic (exact) mass is 299 g/mol. The highest BCUT2D eigenvalue weighted by molar-refractivity contribution is 7.89. The van der Waals surface area contributed by atoms with Gasteiger partial charge in [-0.3, -0.25) is 0 Å². The average Bonchev–Trinajstić information content (AvgIpc) is 2.91. The Morgan fingerprint density at radius 3 is 2.65 bits per heavy atom. The second-order valence-corrected chi connectivity index (χ2v) is 7.87. The van der Waals surface area contributed by atoms with Crippen LogP contribution in [0.4, 0.5) is 0 Å². The Bertz CT molecular complexity index is 565. The van der Waals surface area contributed by atoms with Gasteiger partial charge in [-0.2, -0.15) is 0 Å². The molecule has 1 aliphatic rings. The smallest absolute Gasteiger partial charge is 0.244 e. The van der Waals surface area contributed by atoms with E-state index in [9.17, 15) is 8.42 Å². The van der Waals surface area contributed by atoms with Crippen molar-refractivity contribution in [2.75, 3.05) is 13.6 Å². The predicted molar refractivity (Wildman–Crippen MR) is 79.7 cm³/mol. The average molecular weight is 299 g/mol. The van der Waals surface area contributed by atoms with Gasteiger partial charge in [-0.15, -0.1) is 0 Å². The summed E-state index contributed by atoms with van der Waals surface area (Å²) in [7, 11) is -1.72. The molecule has 2 N–H and O–H groups in total. The van der Waals surface area contributed by atoms with E-state index in [0.717, 1.165) is 25.1 Å². The minimum absolute atomic E-state index is 0.360. The summed E-state index contributed by atoms with van der Waals surface area (Å²) in [6.45, 7) is 6.00. The minimum Gasteiger partial charge on any atom is -0.349 e. The van der Waals surface area contributed by atoms with Gasteiger partial charge in [0.05, 0.1) is 0 Å². The molecule has 2 atom stereocenters. The van der Waals surface area contributed by atoms with E-state index in [4.69, 9.17) is 5.73 Å². The number of aryl methyl sites for hydroxylation is 1. The van der Waals surface area contributed by atoms with E-state index in [1.54, 1.807) is 19.3 Å². The standard InChI is InChI=1S/C14H25N3O2S/c1-4-5-17-10-14(7-13(17)8-15)20(18,19)16(3)9-12-6-11(12)2/h7,10-12H,4-6,8-9,15H2,1-3H3. The van der Waals surface area contributed by atoms with Gasteiger partial charge >= 0.3 is 0 Å². The zero-order valence-electron chi connectivity index (χ0n) is 12.5. The lowest BCUT2D eigenvalue weighted by Gasteiger charge is -2.15. The summed E-state index contributed by atoms with van der Waals surface area (Å²) in [6, 6.07) is 1.71. The number of hydrogen-bond donors (Lipinski definition) is 1. The maximum atomic E-state index is 12.6. The van der Waals surface area contributed by atoms with E-state index >= 15 is 0 Å². The predicted octanol–water partition coefficient (Wildman–Crippen LogP) is 1.63. The zero-order valence-corrected chi connectivity index (χ0v) is 13.4. The summed E-state index contributed by atoms with van der Waals surface area (Å²) in [5.41, 5.74) is 6.57. The summed E-state index contributed by atoms with van der Waals surface area (Å²) in [5, 5.41) is 0. The Kier molecular flexibility index (Phi) is 4.56. The Morgan fingerprint density at radius 2 is 2.15 bits per heavy atom. The second-order valence-electron chi connectivity index (χ2n) is 5.82. The molecule has 1 aromatic rings. The van der Waals surface area contributed by atoms with Gasteiger partial charge in [0.1, 0.15) is 4.90 Å². The van der Waals surface area contributed by atoms with Crippen LogP contribution in [0.15, 0.2) is 17.2 Å². The Hall–Kier alpha value is -0.850. The molecular formula is C14H25N3O2S. The van der Waals surface area contributed by atoms with Crippen LogP contribution in [0, 0.1) is 11.8 Å². The first kappa shape index (κ1) is 15.5. The fourth-order valence-corrected chi connectivity index (χ4v) is 3.84. The fourth-order valence-electron chi connectivity index (χ4n) is 2.55. The molecule has 2 unspecified atom stereocenters. The number of nitrogens with two attached hydrogens (primary N) is 1. The van der Waals surface area contributed by atoms with Gasteiger partial charge < -0.3 is 10.3 Å². The van der Waals surface area contributed by atoms with Crippen molar-refractivity contribution in [2.24, 2.45) is 17.6 Å². The van der Waals surface area contributed by atoms with E-state index in [1.165, 1.54) is 4.31 Å². The first-order valence-electron chi connectivity index (χ1n) is 7.25. The van der Waals surface area contributed by atoms with Gasteiger partial charge in [-0.05, 0) is 30.7 Å². The molecule has 1 aliphatic carbocycles. The van der Waals surface area contributed by atoms with Crippen LogP contribution in [0.5, 0.6) is 0 Å². The summed E-state index contributed by atoms with van der Waals surface area (Å²) in [4.78, 5) is 0.363. The normalized spacial score (nSPS) is 22.4. The van der Waals surface area contributed by atoms with E-state index in [0.29, 0.717) is 29.8 Å². The van der Waals surface area contributed by atoms with Crippen LogP contribution in [-0.2, 0) is 23.1 Å². The lowest BCUT2D eigenvalue weighted by molar-refractivity contribution is 0.444. The van der Waals surface area contributed by atoms with Crippen LogP contribution in [0.25, 0.3) is 0 Å². The minimum atomic E-state index is -3.39. The molecule has 0 spiro atoms. The van der Waals surface area contributed by atoms with E-state index < -0.39 is 10.0 Å². The molecule has 5 nitrogen and oxygen atoms in total. The first-order valence-corrected chi connectivity index (χ1v) is 8.69. The van der Waals surface area contributed by atoms with Gasteiger partial charge in [0.25, 0.3) is 0 Å². The second kappa shape index (κ2) is 5.87. The van der Waals surface area contributed by atoms with Crippen LogP contribution in [0.3, 0.4) is 0 Å². The molecule has 0 bridgehead atoms. The largest absolute Gasteiger partial charge is 0.349 e. The highest BCUT2D eigenvalue weighted by Gasteiger charge is 2.36. The molecule has 1 heterocycles. The highest BCUT2D eigenvalue weighted by atomic mass is 32.2. The van der Waals surface area contributed by atoms with Gasteiger partial charge in [0.15, 0.2) is 0 Å². The molecule has 0 saturated heterocycles. The quantitative estimate of drug-likeness (QED) is 0.832. The maximum Gasteiger partial charge on any atom is 0.244 e. The maximum absolute atomic E-state index is 12.6. The van der Waals surface area contributed by atoms with Crippen LogP contribution >= 0.6 is 0 Å². The third-order valence-corrected chi connectivity index (χ3v) is 5.90. The molecule has 0 aromatic carbocycles. The molecule has 6 heteroatoms. The number of rotatable bonds is 7. The molecule has 0 aliphatic heterocycles. The first-order chi connectivity index (χ1) is 9.40. The third-order valence-electron chi connectivity index (χ3n) is 4.11. The SMILES string of the molecule is CCCn1cc(S(=O)(=O)N(C)CC2CC2C)cc1CN. The van der Waals surface area contributed by atoms with Crippen LogP contribution in [-0.4, -0.2) is 30.9 Å². The molecule has 0 amide bonds. The van der Waals surface area contributed by atoms with Gasteiger partial charge in [0, 0.05) is 38.6 Å². The van der Waals surface area contributed by atoms with Crippen molar-refractivity contribution in [1.82, 2.24) is 8.87 Å². The topological polar surface area (TPSA) is 68.3 Å². The summed E-state index contributed by atoms with van der Waals surface area (Å²) in [5.74, 6) is 1.17. The number of aromatic nitrogens is 1. The number of hydrogen-bond acceptors (Lipinski definition) is 3. The Morgan fingerprint density at radius 1 is 1.50 bits per heavy atom. The molecule has 0 radical (unpaired) electrons. The fraction of sp³-hybridized carbons (Fsp3) is 0.714. The van der Waals surface area contributed by atoms with Crippen molar-refractivity contribution < 1.29 is 8.42 Å². The third kappa shape index (κ3) is 3.07. The van der Waals surface area contributed by atoms with Crippen molar-refractivity contribution in [3.05, 3.63) is 18.0 Å². The lowest BCUT2D eigenvalue weighted by atomic mass is 10.3. The van der Waals surface area contributed by atoms with Crippen molar-refractivity contribution >= 4 is 10.0 Å². The van der Waals surface area contributed by atoms with Crippen LogP contribution < -0.4 is 5.73 Å². The molecule has 114 valence electrons. The van der Waals surface area contributed by atoms with Crippen molar-refractivity contribution in [2.45, 2.75) is 44.7 Å². The highest BCUT2D eigenvalue weighted by Crippen LogP contribution is 2.38. The molecule has 2 rings (SSSR count). The Labute approximate surface area is 121 Å². The van der Waals surface area contributed by atoms with Crippen molar-refractivity contribution in [3.63, 3.8) is 0 Å².